The molecule has 0 radical (unpaired) electrons. The van der Waals surface area contributed by atoms with E-state index in [0.29, 0.717) is 0 Å². The Bertz CT molecular complexity index is 293. The summed E-state index contributed by atoms with van der Waals surface area (Å²) in [7, 11) is 0. The summed E-state index contributed by atoms with van der Waals surface area (Å²) >= 11 is 0. The van der Waals surface area contributed by atoms with E-state index in [0.717, 1.165) is 0 Å². The summed E-state index contributed by atoms with van der Waals surface area (Å²) in [6, 6.07) is 0. The van der Waals surface area contributed by atoms with E-state index >= 15 is 0 Å². The monoisotopic (exact) mass is 245 g/mol. The molecule has 0 aromatic heterocycles. The number of carbonyl (C=O) groups excluding carboxylic acids is 3. The topological polar surface area (TPSA) is 81.7 Å². The van der Waals surface area contributed by atoms with Gasteiger partial charge in [0.05, 0.1) is 6.61 Å². The van der Waals surface area contributed by atoms with Crippen LogP contribution in [0, 0.1) is 0 Å². The second-order valence-electron chi connectivity index (χ2n) is 4.34. The average molecular weight is 245 g/mol. The second-order valence-corrected chi connectivity index (χ2v) is 4.34. The summed E-state index contributed by atoms with van der Waals surface area (Å²) in [5.41, 5.74) is -0.594. The lowest BCUT2D eigenvalue weighted by Gasteiger charge is -2.19. The van der Waals surface area contributed by atoms with Gasteiger partial charge in [-0.05, 0) is 27.7 Å². The first kappa shape index (κ1) is 15.4. The molecular formula is C11H19NO5. The van der Waals surface area contributed by atoms with Crippen molar-refractivity contribution in [2.24, 2.45) is 0 Å². The molecule has 0 aliphatic rings. The van der Waals surface area contributed by atoms with E-state index < -0.39 is 29.9 Å². The number of carbonyl (C=O) groups is 3. The predicted molar refractivity (Wildman–Crippen MR) is 60.1 cm³/mol. The van der Waals surface area contributed by atoms with E-state index in [1.165, 1.54) is 0 Å². The maximum atomic E-state index is 11.2. The summed E-state index contributed by atoms with van der Waals surface area (Å²) in [6.07, 6.45) is -0.392. The van der Waals surface area contributed by atoms with Gasteiger partial charge in [-0.2, -0.15) is 0 Å². The van der Waals surface area contributed by atoms with Crippen LogP contribution in [0.1, 0.15) is 34.1 Å². The summed E-state index contributed by atoms with van der Waals surface area (Å²) in [5.74, 6) is -1.72. The number of nitrogens with one attached hydrogen (secondary N) is 1. The van der Waals surface area contributed by atoms with Gasteiger partial charge in [-0.1, -0.05) is 0 Å². The Labute approximate surface area is 101 Å². The van der Waals surface area contributed by atoms with Crippen LogP contribution in [0.2, 0.25) is 0 Å². The lowest BCUT2D eigenvalue weighted by atomic mass is 10.2. The maximum absolute atomic E-state index is 11.2. The van der Waals surface area contributed by atoms with Crippen molar-refractivity contribution in [3.8, 4) is 0 Å². The zero-order valence-electron chi connectivity index (χ0n) is 10.7. The van der Waals surface area contributed by atoms with Gasteiger partial charge in [-0.3, -0.25) is 14.4 Å². The molecule has 0 bridgehead atoms. The molecule has 0 heterocycles. The third kappa shape index (κ3) is 9.35. The molecule has 0 aromatic carbocycles. The lowest BCUT2D eigenvalue weighted by Crippen LogP contribution is -2.35. The molecule has 0 rings (SSSR count). The van der Waals surface area contributed by atoms with Crippen LogP contribution in [0.25, 0.3) is 0 Å². The molecule has 0 aromatic rings. The maximum Gasteiger partial charge on any atom is 0.325 e. The molecule has 1 N–H and O–H groups in total. The van der Waals surface area contributed by atoms with Crippen LogP contribution in [-0.4, -0.2) is 36.6 Å². The van der Waals surface area contributed by atoms with Gasteiger partial charge < -0.3 is 14.8 Å². The molecule has 0 spiro atoms. The molecule has 0 atom stereocenters. The quantitative estimate of drug-likeness (QED) is 0.560. The Kier molecular flexibility index (Phi) is 6.23. The highest BCUT2D eigenvalue weighted by molar-refractivity contribution is 5.95. The Hall–Kier alpha value is -1.59. The molecule has 0 unspecified atom stereocenters. The molecule has 6 nitrogen and oxygen atoms in total. The average Bonchev–Trinajstić information content (AvgIpc) is 2.12. The highest BCUT2D eigenvalue weighted by atomic mass is 16.6. The first-order valence-corrected chi connectivity index (χ1v) is 5.38. The predicted octanol–water partition coefficient (Wildman–Crippen LogP) is 0.397. The lowest BCUT2D eigenvalue weighted by molar-refractivity contribution is -0.155. The van der Waals surface area contributed by atoms with Gasteiger partial charge in [0.2, 0.25) is 5.91 Å². The van der Waals surface area contributed by atoms with Crippen molar-refractivity contribution in [1.82, 2.24) is 5.32 Å². The zero-order chi connectivity index (χ0) is 13.5. The van der Waals surface area contributed by atoms with Gasteiger partial charge in [0.15, 0.2) is 0 Å². The Morgan fingerprint density at radius 3 is 2.18 bits per heavy atom. The second kappa shape index (κ2) is 6.88. The molecule has 1 amide bonds. The van der Waals surface area contributed by atoms with Gasteiger partial charge >= 0.3 is 11.9 Å². The van der Waals surface area contributed by atoms with Crippen molar-refractivity contribution in [3.63, 3.8) is 0 Å². The van der Waals surface area contributed by atoms with Gasteiger partial charge in [-0.25, -0.2) is 0 Å². The van der Waals surface area contributed by atoms with Crippen molar-refractivity contribution < 1.29 is 23.9 Å². The highest BCUT2D eigenvalue weighted by Crippen LogP contribution is 2.06. The van der Waals surface area contributed by atoms with E-state index in [9.17, 15) is 14.4 Å². The van der Waals surface area contributed by atoms with Crippen molar-refractivity contribution in [2.45, 2.75) is 39.7 Å². The van der Waals surface area contributed by atoms with Crippen molar-refractivity contribution in [1.29, 1.82) is 0 Å². The van der Waals surface area contributed by atoms with Gasteiger partial charge in [0, 0.05) is 0 Å². The minimum absolute atomic E-state index is 0.220. The van der Waals surface area contributed by atoms with Crippen molar-refractivity contribution in [2.75, 3.05) is 13.2 Å². The minimum atomic E-state index is -0.616. The number of amides is 1. The smallest absolute Gasteiger partial charge is 0.325 e. The Morgan fingerprint density at radius 2 is 1.71 bits per heavy atom. The fourth-order valence-electron chi connectivity index (χ4n) is 0.954. The molecular weight excluding hydrogens is 226 g/mol. The molecule has 0 aliphatic heterocycles. The number of hydrogen-bond donors (Lipinski definition) is 1. The van der Waals surface area contributed by atoms with Crippen LogP contribution in [0.4, 0.5) is 0 Å². The number of rotatable bonds is 5. The molecule has 98 valence electrons. The van der Waals surface area contributed by atoms with Gasteiger partial charge in [-0.15, -0.1) is 0 Å². The number of ether oxygens (including phenoxy) is 2. The fourth-order valence-corrected chi connectivity index (χ4v) is 0.954. The van der Waals surface area contributed by atoms with E-state index in [-0.39, 0.29) is 13.2 Å². The SMILES string of the molecule is CCOC(=O)CC(=O)NCC(=O)OC(C)(C)C. The van der Waals surface area contributed by atoms with Crippen LogP contribution in [0.5, 0.6) is 0 Å². The van der Waals surface area contributed by atoms with Gasteiger partial charge in [0.25, 0.3) is 0 Å². The van der Waals surface area contributed by atoms with Gasteiger partial charge in [0.1, 0.15) is 18.6 Å². The molecule has 6 heteroatoms. The number of esters is 2. The fraction of sp³-hybridized carbons (Fsp3) is 0.727. The summed E-state index contributed by atoms with van der Waals surface area (Å²) in [4.78, 5) is 33.3. The van der Waals surface area contributed by atoms with Crippen molar-refractivity contribution >= 4 is 17.8 Å². The molecule has 0 saturated heterocycles. The Morgan fingerprint density at radius 1 is 1.12 bits per heavy atom. The van der Waals surface area contributed by atoms with Crippen LogP contribution in [-0.2, 0) is 23.9 Å². The minimum Gasteiger partial charge on any atom is -0.466 e. The normalized spacial score (nSPS) is 10.6. The standard InChI is InChI=1S/C11H19NO5/c1-5-16-9(14)6-8(13)12-7-10(15)17-11(2,3)4/h5-7H2,1-4H3,(H,12,13). The molecule has 0 aliphatic carbocycles. The first-order chi connectivity index (χ1) is 7.74. The third-order valence-corrected chi connectivity index (χ3v) is 1.46. The summed E-state index contributed by atoms with van der Waals surface area (Å²) < 4.78 is 9.55. The Balaban J connectivity index is 3.85. The first-order valence-electron chi connectivity index (χ1n) is 5.38. The van der Waals surface area contributed by atoms with E-state index in [2.05, 4.69) is 10.1 Å². The largest absolute Gasteiger partial charge is 0.466 e. The van der Waals surface area contributed by atoms with E-state index in [1.54, 1.807) is 27.7 Å². The molecule has 17 heavy (non-hydrogen) atoms. The van der Waals surface area contributed by atoms with Crippen LogP contribution < -0.4 is 5.32 Å². The van der Waals surface area contributed by atoms with Crippen LogP contribution >= 0.6 is 0 Å². The number of hydrogen-bond acceptors (Lipinski definition) is 5. The summed E-state index contributed by atoms with van der Waals surface area (Å²) in [5, 5.41) is 2.28. The van der Waals surface area contributed by atoms with Crippen molar-refractivity contribution in [3.05, 3.63) is 0 Å². The van der Waals surface area contributed by atoms with Crippen LogP contribution in [0.3, 0.4) is 0 Å². The summed E-state index contributed by atoms with van der Waals surface area (Å²) in [6.45, 7) is 6.80. The third-order valence-electron chi connectivity index (χ3n) is 1.46. The molecule has 0 fully saturated rings. The van der Waals surface area contributed by atoms with E-state index in [4.69, 9.17) is 4.74 Å². The van der Waals surface area contributed by atoms with Crippen LogP contribution in [0.15, 0.2) is 0 Å². The zero-order valence-corrected chi connectivity index (χ0v) is 10.7. The van der Waals surface area contributed by atoms with E-state index in [1.807, 2.05) is 0 Å². The molecule has 0 saturated carbocycles. The highest BCUT2D eigenvalue weighted by Gasteiger charge is 2.17.